The highest BCUT2D eigenvalue weighted by Crippen LogP contribution is 2.28. The molecule has 0 saturated carbocycles. The molecule has 20 heavy (non-hydrogen) atoms. The first-order chi connectivity index (χ1) is 9.69. The number of fused-ring (bicyclic) bond motifs is 1. The van der Waals surface area contributed by atoms with E-state index in [1.807, 2.05) is 6.07 Å². The van der Waals surface area contributed by atoms with Gasteiger partial charge >= 0.3 is 0 Å². The van der Waals surface area contributed by atoms with E-state index < -0.39 is 0 Å². The van der Waals surface area contributed by atoms with Crippen molar-refractivity contribution in [3.8, 4) is 11.4 Å². The summed E-state index contributed by atoms with van der Waals surface area (Å²) in [5, 5.41) is 9.99. The molecule has 1 aromatic carbocycles. The summed E-state index contributed by atoms with van der Waals surface area (Å²) < 4.78 is 13.7. The van der Waals surface area contributed by atoms with Gasteiger partial charge in [-0.25, -0.2) is 9.37 Å². The van der Waals surface area contributed by atoms with E-state index in [2.05, 4.69) is 9.97 Å². The number of hydrogen-bond acceptors (Lipinski definition) is 2. The summed E-state index contributed by atoms with van der Waals surface area (Å²) in [6.45, 7) is 0.0188. The van der Waals surface area contributed by atoms with Crippen LogP contribution in [-0.4, -0.2) is 21.7 Å². The molecule has 0 spiro atoms. The van der Waals surface area contributed by atoms with Gasteiger partial charge in [-0.2, -0.15) is 0 Å². The Morgan fingerprint density at radius 3 is 2.85 bits per heavy atom. The van der Waals surface area contributed by atoms with Gasteiger partial charge in [0, 0.05) is 17.5 Å². The molecule has 0 radical (unpaired) electrons. The summed E-state index contributed by atoms with van der Waals surface area (Å²) in [6.07, 6.45) is 0.470. The molecule has 102 valence electrons. The smallest absolute Gasteiger partial charge is 0.132 e. The van der Waals surface area contributed by atoms with Gasteiger partial charge in [0.25, 0.3) is 0 Å². The second-order valence-corrected chi connectivity index (χ2v) is 4.89. The Hall–Kier alpha value is -1.91. The van der Waals surface area contributed by atoms with Crippen LogP contribution in [0.4, 0.5) is 4.39 Å². The Morgan fingerprint density at radius 1 is 1.25 bits per heavy atom. The minimum absolute atomic E-state index is 0.0188. The molecule has 0 amide bonds. The molecule has 3 aromatic rings. The molecule has 0 saturated heterocycles. The lowest BCUT2D eigenvalue weighted by Crippen LogP contribution is -1.97. The number of aliphatic hydroxyl groups excluding tert-OH is 1. The molecule has 0 atom stereocenters. The summed E-state index contributed by atoms with van der Waals surface area (Å²) in [5.41, 5.74) is 2.90. The van der Waals surface area contributed by atoms with Crippen molar-refractivity contribution in [1.29, 1.82) is 0 Å². The quantitative estimate of drug-likeness (QED) is 0.725. The van der Waals surface area contributed by atoms with Gasteiger partial charge in [0.05, 0.1) is 11.4 Å². The number of aromatic nitrogens is 2. The first-order valence-corrected chi connectivity index (χ1v) is 6.60. The third-order valence-electron chi connectivity index (χ3n) is 3.19. The molecular weight excluding hydrogens is 279 g/mol. The summed E-state index contributed by atoms with van der Waals surface area (Å²) >= 11 is 5.94. The van der Waals surface area contributed by atoms with Gasteiger partial charge in [-0.1, -0.05) is 23.7 Å². The summed E-state index contributed by atoms with van der Waals surface area (Å²) in [6, 6.07) is 10.1. The number of benzene rings is 1. The van der Waals surface area contributed by atoms with Gasteiger partial charge in [-0.05, 0) is 36.2 Å². The van der Waals surface area contributed by atoms with Gasteiger partial charge in [0.15, 0.2) is 0 Å². The topological polar surface area (TPSA) is 48.9 Å². The van der Waals surface area contributed by atoms with Crippen LogP contribution in [0.5, 0.6) is 0 Å². The molecule has 0 aliphatic carbocycles. The molecule has 2 heterocycles. The second-order valence-electron chi connectivity index (χ2n) is 4.50. The van der Waals surface area contributed by atoms with E-state index in [0.717, 1.165) is 5.56 Å². The highest BCUT2D eigenvalue weighted by Gasteiger charge is 2.12. The standard InChI is InChI=1S/C15H12ClFN2O/c16-14-5-4-9(6-7-20)15(19-14)13-8-10-11(17)2-1-3-12(10)18-13/h1-5,8,18,20H,6-7H2. The van der Waals surface area contributed by atoms with Gasteiger partial charge in [-0.3, -0.25) is 0 Å². The van der Waals surface area contributed by atoms with Crippen LogP contribution in [0.2, 0.25) is 5.15 Å². The van der Waals surface area contributed by atoms with Gasteiger partial charge in [0.1, 0.15) is 11.0 Å². The van der Waals surface area contributed by atoms with E-state index in [9.17, 15) is 4.39 Å². The van der Waals surface area contributed by atoms with Crippen molar-refractivity contribution < 1.29 is 9.50 Å². The van der Waals surface area contributed by atoms with Crippen LogP contribution in [-0.2, 0) is 6.42 Å². The van der Waals surface area contributed by atoms with Crippen molar-refractivity contribution >= 4 is 22.5 Å². The molecule has 2 aromatic heterocycles. The largest absolute Gasteiger partial charge is 0.396 e. The van der Waals surface area contributed by atoms with Crippen LogP contribution in [0, 0.1) is 5.82 Å². The van der Waals surface area contributed by atoms with E-state index in [4.69, 9.17) is 16.7 Å². The predicted molar refractivity (Wildman–Crippen MR) is 77.3 cm³/mol. The van der Waals surface area contributed by atoms with E-state index in [1.54, 1.807) is 24.3 Å². The van der Waals surface area contributed by atoms with Crippen molar-refractivity contribution in [2.75, 3.05) is 6.61 Å². The fourth-order valence-electron chi connectivity index (χ4n) is 2.27. The number of hydrogen-bond donors (Lipinski definition) is 2. The zero-order chi connectivity index (χ0) is 14.1. The number of pyridine rings is 1. The third kappa shape index (κ3) is 2.28. The fraction of sp³-hybridized carbons (Fsp3) is 0.133. The number of aromatic amines is 1. The first-order valence-electron chi connectivity index (χ1n) is 6.23. The van der Waals surface area contributed by atoms with Gasteiger partial charge < -0.3 is 10.1 Å². The van der Waals surface area contributed by atoms with Crippen LogP contribution >= 0.6 is 11.6 Å². The monoisotopic (exact) mass is 290 g/mol. The molecule has 3 rings (SSSR count). The summed E-state index contributed by atoms with van der Waals surface area (Å²) in [5.74, 6) is -0.282. The number of H-pyrrole nitrogens is 1. The SMILES string of the molecule is OCCc1ccc(Cl)nc1-c1cc2c(F)cccc2[nH]1. The fourth-order valence-corrected chi connectivity index (χ4v) is 2.41. The van der Waals surface area contributed by atoms with Crippen LogP contribution in [0.1, 0.15) is 5.56 Å². The molecule has 0 aliphatic heterocycles. The first kappa shape index (κ1) is 13.1. The second kappa shape index (κ2) is 5.23. The van der Waals surface area contributed by atoms with Crippen molar-refractivity contribution in [1.82, 2.24) is 9.97 Å². The number of nitrogens with zero attached hydrogens (tertiary/aromatic N) is 1. The maximum absolute atomic E-state index is 13.7. The maximum atomic E-state index is 13.7. The minimum atomic E-state index is -0.282. The van der Waals surface area contributed by atoms with Crippen molar-refractivity contribution in [2.24, 2.45) is 0 Å². The number of halogens is 2. The molecule has 0 bridgehead atoms. The zero-order valence-electron chi connectivity index (χ0n) is 10.5. The molecule has 0 fully saturated rings. The highest BCUT2D eigenvalue weighted by atomic mass is 35.5. The van der Waals surface area contributed by atoms with Crippen LogP contribution in [0.15, 0.2) is 36.4 Å². The van der Waals surface area contributed by atoms with Crippen LogP contribution in [0.3, 0.4) is 0 Å². The van der Waals surface area contributed by atoms with E-state index in [0.29, 0.717) is 33.9 Å². The Balaban J connectivity index is 2.19. The lowest BCUT2D eigenvalue weighted by Gasteiger charge is -2.06. The summed E-state index contributed by atoms with van der Waals surface area (Å²) in [4.78, 5) is 7.42. The Kier molecular flexibility index (Phi) is 3.42. The molecule has 2 N–H and O–H groups in total. The number of aliphatic hydroxyl groups is 1. The average molecular weight is 291 g/mol. The molecule has 5 heteroatoms. The Labute approximate surface area is 120 Å². The number of nitrogens with one attached hydrogen (secondary N) is 1. The predicted octanol–water partition coefficient (Wildman–Crippen LogP) is 3.56. The van der Waals surface area contributed by atoms with Crippen LogP contribution in [0.25, 0.3) is 22.3 Å². The van der Waals surface area contributed by atoms with E-state index in [-0.39, 0.29) is 12.4 Å². The molecular formula is C15H12ClFN2O. The van der Waals surface area contributed by atoms with Crippen molar-refractivity contribution in [3.05, 3.63) is 52.9 Å². The zero-order valence-corrected chi connectivity index (χ0v) is 11.3. The molecule has 0 unspecified atom stereocenters. The molecule has 3 nitrogen and oxygen atoms in total. The molecule has 0 aliphatic rings. The Morgan fingerprint density at radius 2 is 2.10 bits per heavy atom. The normalized spacial score (nSPS) is 11.2. The van der Waals surface area contributed by atoms with Crippen LogP contribution < -0.4 is 0 Å². The van der Waals surface area contributed by atoms with E-state index >= 15 is 0 Å². The number of rotatable bonds is 3. The van der Waals surface area contributed by atoms with Gasteiger partial charge in [-0.15, -0.1) is 0 Å². The lowest BCUT2D eigenvalue weighted by molar-refractivity contribution is 0.299. The summed E-state index contributed by atoms with van der Waals surface area (Å²) in [7, 11) is 0. The van der Waals surface area contributed by atoms with Crippen molar-refractivity contribution in [3.63, 3.8) is 0 Å². The van der Waals surface area contributed by atoms with Gasteiger partial charge in [0.2, 0.25) is 0 Å². The minimum Gasteiger partial charge on any atom is -0.396 e. The third-order valence-corrected chi connectivity index (χ3v) is 3.40. The average Bonchev–Trinajstić information content (AvgIpc) is 2.86. The lowest BCUT2D eigenvalue weighted by atomic mass is 10.1. The highest BCUT2D eigenvalue weighted by molar-refractivity contribution is 6.29. The maximum Gasteiger partial charge on any atom is 0.132 e. The van der Waals surface area contributed by atoms with E-state index in [1.165, 1.54) is 6.07 Å². The van der Waals surface area contributed by atoms with Crippen molar-refractivity contribution in [2.45, 2.75) is 6.42 Å². The Bertz CT molecular complexity index is 770.